The van der Waals surface area contributed by atoms with Crippen LogP contribution in [0.5, 0.6) is 0 Å². The van der Waals surface area contributed by atoms with Crippen LogP contribution >= 0.6 is 15.6 Å². The maximum Gasteiger partial charge on any atom is 0.472 e. The summed E-state index contributed by atoms with van der Waals surface area (Å²) in [5.41, 5.74) is 0. The third-order valence-corrected chi connectivity index (χ3v) is 21.5. The van der Waals surface area contributed by atoms with Gasteiger partial charge in [-0.3, -0.25) is 37.3 Å². The second-order valence-corrected chi connectivity index (χ2v) is 34.6. The molecule has 0 saturated heterocycles. The molecule has 0 saturated carbocycles. The van der Waals surface area contributed by atoms with E-state index in [1.807, 2.05) is 0 Å². The molecule has 2 unspecified atom stereocenters. The van der Waals surface area contributed by atoms with Gasteiger partial charge in [0.15, 0.2) is 12.2 Å². The molecule has 0 aliphatic heterocycles. The van der Waals surface area contributed by atoms with Gasteiger partial charge >= 0.3 is 39.5 Å². The minimum Gasteiger partial charge on any atom is -0.462 e. The molecule has 5 atom stereocenters. The molecule has 0 aromatic carbocycles. The van der Waals surface area contributed by atoms with Gasteiger partial charge in [-0.05, 0) is 43.4 Å². The van der Waals surface area contributed by atoms with Crippen LogP contribution in [0.4, 0.5) is 0 Å². The van der Waals surface area contributed by atoms with Crippen LogP contribution < -0.4 is 0 Å². The van der Waals surface area contributed by atoms with Gasteiger partial charge in [0.1, 0.15) is 19.3 Å². The quantitative estimate of drug-likeness (QED) is 0.0222. The van der Waals surface area contributed by atoms with Gasteiger partial charge in [0, 0.05) is 25.7 Å². The van der Waals surface area contributed by atoms with E-state index < -0.39 is 97.5 Å². The molecule has 612 valence electrons. The number of hydrogen-bond acceptors (Lipinski definition) is 15. The number of ether oxygens (including phenoxy) is 4. The lowest BCUT2D eigenvalue weighted by Crippen LogP contribution is -2.30. The zero-order valence-electron chi connectivity index (χ0n) is 67.8. The number of esters is 4. The van der Waals surface area contributed by atoms with E-state index in [1.165, 1.54) is 244 Å². The molecule has 0 aliphatic carbocycles. The second-order valence-electron chi connectivity index (χ2n) is 31.6. The highest BCUT2D eigenvalue weighted by atomic mass is 31.2. The zero-order chi connectivity index (χ0) is 75.8. The molecule has 17 nitrogen and oxygen atoms in total. The summed E-state index contributed by atoms with van der Waals surface area (Å²) in [5, 5.41) is 10.7. The van der Waals surface area contributed by atoms with Crippen molar-refractivity contribution >= 4 is 39.5 Å². The lowest BCUT2D eigenvalue weighted by atomic mass is 10.0. The highest BCUT2D eigenvalue weighted by Crippen LogP contribution is 2.45. The van der Waals surface area contributed by atoms with E-state index in [2.05, 4.69) is 48.5 Å². The Hall–Kier alpha value is -1.94. The number of carbonyl (C=O) groups excluding carboxylic acids is 4. The van der Waals surface area contributed by atoms with Crippen LogP contribution in [-0.2, 0) is 65.4 Å². The van der Waals surface area contributed by atoms with Crippen LogP contribution in [0.1, 0.15) is 440 Å². The molecular weight excluding hydrogens is 1340 g/mol. The normalized spacial score (nSPS) is 13.9. The fraction of sp³-hybridized carbons (Fsp3) is 0.952. The predicted molar refractivity (Wildman–Crippen MR) is 423 cm³/mol. The van der Waals surface area contributed by atoms with Crippen molar-refractivity contribution in [1.82, 2.24) is 0 Å². The number of hydrogen-bond donors (Lipinski definition) is 3. The Labute approximate surface area is 632 Å². The van der Waals surface area contributed by atoms with E-state index in [0.717, 1.165) is 108 Å². The van der Waals surface area contributed by atoms with Crippen LogP contribution in [0.2, 0.25) is 0 Å². The monoisotopic (exact) mass is 1510 g/mol. The third-order valence-electron chi connectivity index (χ3n) is 19.6. The molecule has 0 aromatic heterocycles. The van der Waals surface area contributed by atoms with E-state index in [4.69, 9.17) is 37.0 Å². The molecule has 0 heterocycles. The van der Waals surface area contributed by atoms with Crippen LogP contribution in [0.3, 0.4) is 0 Å². The van der Waals surface area contributed by atoms with Gasteiger partial charge in [0.05, 0.1) is 26.4 Å². The molecule has 0 fully saturated rings. The smallest absolute Gasteiger partial charge is 0.462 e. The highest BCUT2D eigenvalue weighted by molar-refractivity contribution is 7.47. The molecule has 0 aromatic rings. The van der Waals surface area contributed by atoms with Gasteiger partial charge < -0.3 is 33.8 Å². The first-order valence-electron chi connectivity index (χ1n) is 43.3. The van der Waals surface area contributed by atoms with Gasteiger partial charge in [0.2, 0.25) is 0 Å². The third kappa shape index (κ3) is 78.0. The summed E-state index contributed by atoms with van der Waals surface area (Å²) < 4.78 is 68.8. The standard InChI is InChI=1S/C84H164O17P2/c1-8-9-10-11-12-13-14-15-16-17-18-19-20-25-28-33-38-45-53-60-67-83(88)100-79(71-94-81(86)65-58-51-44-37-32-27-24-22-21-23-26-30-35-41-48-55-62-75(2)3)73-98-102(90,91)96-69-78(85)70-97-103(92,93)99-74-80(72-95-82(87)66-59-52-47-40-43-50-57-64-77(6)7)101-84(89)68-61-54-46-39-34-29-31-36-42-49-56-63-76(4)5/h75-80,85H,8-74H2,1-7H3,(H,90,91)(H,92,93)/t78-,79-,80-/m1/s1. The van der Waals surface area contributed by atoms with Crippen LogP contribution in [0.25, 0.3) is 0 Å². The van der Waals surface area contributed by atoms with Gasteiger partial charge in [0.25, 0.3) is 0 Å². The van der Waals surface area contributed by atoms with Crippen LogP contribution in [0.15, 0.2) is 0 Å². The fourth-order valence-corrected chi connectivity index (χ4v) is 14.6. The minimum absolute atomic E-state index is 0.106. The number of aliphatic hydroxyl groups excluding tert-OH is 1. The number of aliphatic hydroxyl groups is 1. The Bertz CT molecular complexity index is 1990. The maximum atomic E-state index is 13.1. The van der Waals surface area contributed by atoms with Crippen molar-refractivity contribution in [3.8, 4) is 0 Å². The number of unbranched alkanes of at least 4 members (excludes halogenated alkanes) is 50. The van der Waals surface area contributed by atoms with Crippen molar-refractivity contribution in [2.75, 3.05) is 39.6 Å². The lowest BCUT2D eigenvalue weighted by Gasteiger charge is -2.21. The van der Waals surface area contributed by atoms with Crippen molar-refractivity contribution in [2.24, 2.45) is 17.8 Å². The second kappa shape index (κ2) is 74.2. The average Bonchev–Trinajstić information content (AvgIpc) is 0.922. The molecule has 0 rings (SSSR count). The van der Waals surface area contributed by atoms with Crippen molar-refractivity contribution < 1.29 is 80.2 Å². The molecule has 0 spiro atoms. The predicted octanol–water partition coefficient (Wildman–Crippen LogP) is 25.3. The van der Waals surface area contributed by atoms with Crippen LogP contribution in [-0.4, -0.2) is 96.7 Å². The molecule has 0 radical (unpaired) electrons. The molecular formula is C84H164O17P2. The summed E-state index contributed by atoms with van der Waals surface area (Å²) in [6, 6.07) is 0. The van der Waals surface area contributed by atoms with E-state index in [9.17, 15) is 43.2 Å². The summed E-state index contributed by atoms with van der Waals surface area (Å²) in [6.45, 7) is 11.9. The summed E-state index contributed by atoms with van der Waals surface area (Å²) in [4.78, 5) is 73.1. The first-order chi connectivity index (χ1) is 49.7. The Kier molecular flexibility index (Phi) is 72.8. The first kappa shape index (κ1) is 101. The van der Waals surface area contributed by atoms with E-state index in [1.54, 1.807) is 0 Å². The van der Waals surface area contributed by atoms with Crippen molar-refractivity contribution in [3.63, 3.8) is 0 Å². The summed E-state index contributed by atoms with van der Waals surface area (Å²) in [6.07, 6.45) is 64.0. The fourth-order valence-electron chi connectivity index (χ4n) is 13.0. The Morgan fingerprint density at radius 1 is 0.262 bits per heavy atom. The number of phosphoric ester groups is 2. The number of rotatable bonds is 82. The van der Waals surface area contributed by atoms with Crippen molar-refractivity contribution in [3.05, 3.63) is 0 Å². The molecule has 103 heavy (non-hydrogen) atoms. The van der Waals surface area contributed by atoms with E-state index >= 15 is 0 Å². The Morgan fingerprint density at radius 3 is 0.660 bits per heavy atom. The van der Waals surface area contributed by atoms with Gasteiger partial charge in [-0.2, -0.15) is 0 Å². The van der Waals surface area contributed by atoms with Crippen LogP contribution in [0, 0.1) is 17.8 Å². The molecule has 19 heteroatoms. The Morgan fingerprint density at radius 2 is 0.447 bits per heavy atom. The van der Waals surface area contributed by atoms with Crippen molar-refractivity contribution in [1.29, 1.82) is 0 Å². The van der Waals surface area contributed by atoms with Gasteiger partial charge in [-0.15, -0.1) is 0 Å². The summed E-state index contributed by atoms with van der Waals surface area (Å²) in [7, 11) is -9.92. The average molecular weight is 1510 g/mol. The summed E-state index contributed by atoms with van der Waals surface area (Å²) in [5.74, 6) is 0.174. The van der Waals surface area contributed by atoms with E-state index in [0.29, 0.717) is 31.6 Å². The SMILES string of the molecule is CCCCCCCCCCCCCCCCCCCCCCC(=O)O[C@H](COC(=O)CCCCCCCCCCCCCCCCCCC(C)C)COP(=O)(O)OC[C@@H](O)COP(=O)(O)OC[C@@H](COC(=O)CCCCCCCCCC(C)C)OC(=O)CCCCCCCCCCCCCC(C)C. The lowest BCUT2D eigenvalue weighted by molar-refractivity contribution is -0.161. The highest BCUT2D eigenvalue weighted by Gasteiger charge is 2.30. The van der Waals surface area contributed by atoms with E-state index in [-0.39, 0.29) is 25.7 Å². The topological polar surface area (TPSA) is 237 Å². The zero-order valence-corrected chi connectivity index (χ0v) is 69.6. The molecule has 3 N–H and O–H groups in total. The van der Waals surface area contributed by atoms with Gasteiger partial charge in [-0.1, -0.05) is 389 Å². The van der Waals surface area contributed by atoms with Crippen molar-refractivity contribution in [2.45, 2.75) is 458 Å². The summed E-state index contributed by atoms with van der Waals surface area (Å²) >= 11 is 0. The largest absolute Gasteiger partial charge is 0.472 e. The number of carbonyl (C=O) groups is 4. The Balaban J connectivity index is 5.23. The molecule has 0 bridgehead atoms. The minimum atomic E-state index is -4.96. The maximum absolute atomic E-state index is 13.1. The molecule has 0 aliphatic rings. The number of phosphoric acid groups is 2. The molecule has 0 amide bonds. The first-order valence-corrected chi connectivity index (χ1v) is 46.3. The van der Waals surface area contributed by atoms with Gasteiger partial charge in [-0.25, -0.2) is 9.13 Å².